The molecule has 150 valence electrons. The zero-order chi connectivity index (χ0) is 20.6. The molecular formula is C19H20N6O4. The highest BCUT2D eigenvalue weighted by atomic mass is 16.5. The number of carboxylic acid groups (broad SMARTS) is 1. The minimum absolute atomic E-state index is 0.0946. The predicted molar refractivity (Wildman–Crippen MR) is 109 cm³/mol. The number of carboxylic acids is 1. The van der Waals surface area contributed by atoms with Gasteiger partial charge in [0.15, 0.2) is 0 Å². The molecule has 1 heterocycles. The van der Waals surface area contributed by atoms with E-state index in [2.05, 4.69) is 30.9 Å². The third-order valence-electron chi connectivity index (χ3n) is 3.74. The van der Waals surface area contributed by atoms with Crippen molar-refractivity contribution in [1.29, 1.82) is 0 Å². The highest BCUT2D eigenvalue weighted by molar-refractivity contribution is 5.72. The van der Waals surface area contributed by atoms with Crippen LogP contribution in [0.25, 0.3) is 0 Å². The minimum atomic E-state index is -1.04. The van der Waals surface area contributed by atoms with Crippen LogP contribution in [0, 0.1) is 0 Å². The third kappa shape index (κ3) is 5.22. The van der Waals surface area contributed by atoms with Gasteiger partial charge in [-0.05, 0) is 24.3 Å². The number of hydrogen-bond acceptors (Lipinski definition) is 9. The number of aliphatic carboxylic acids is 1. The number of carbonyl (C=O) groups is 1. The summed E-state index contributed by atoms with van der Waals surface area (Å²) in [5.41, 5.74) is 1.29. The van der Waals surface area contributed by atoms with Crippen LogP contribution in [0.1, 0.15) is 0 Å². The molecule has 0 saturated carbocycles. The molecule has 3 aromatic rings. The van der Waals surface area contributed by atoms with E-state index in [1.54, 1.807) is 38.5 Å². The van der Waals surface area contributed by atoms with Gasteiger partial charge in [0.05, 0.1) is 25.6 Å². The molecule has 3 rings (SSSR count). The number of benzene rings is 2. The number of methoxy groups -OCH3 is 2. The lowest BCUT2D eigenvalue weighted by Crippen LogP contribution is -2.16. The molecule has 0 unspecified atom stereocenters. The van der Waals surface area contributed by atoms with Gasteiger partial charge in [0.25, 0.3) is 0 Å². The van der Waals surface area contributed by atoms with Crippen LogP contribution in [0.4, 0.5) is 29.2 Å². The van der Waals surface area contributed by atoms with Crippen molar-refractivity contribution in [3.8, 4) is 11.5 Å². The lowest BCUT2D eigenvalue weighted by Gasteiger charge is -2.13. The van der Waals surface area contributed by atoms with Crippen molar-refractivity contribution in [2.75, 3.05) is 36.7 Å². The number of nitrogens with one attached hydrogen (secondary N) is 3. The molecule has 0 aliphatic heterocycles. The SMILES string of the molecule is COc1ccccc1Nc1nc(NCC(=O)O)nc(Nc2ccccc2OC)n1. The molecule has 29 heavy (non-hydrogen) atoms. The maximum Gasteiger partial charge on any atom is 0.322 e. The van der Waals surface area contributed by atoms with Crippen molar-refractivity contribution >= 4 is 35.2 Å². The van der Waals surface area contributed by atoms with Crippen LogP contribution >= 0.6 is 0 Å². The van der Waals surface area contributed by atoms with Gasteiger partial charge in [0.1, 0.15) is 18.0 Å². The highest BCUT2D eigenvalue weighted by Gasteiger charge is 2.12. The van der Waals surface area contributed by atoms with Gasteiger partial charge in [0, 0.05) is 0 Å². The first-order valence-electron chi connectivity index (χ1n) is 8.61. The van der Waals surface area contributed by atoms with Crippen molar-refractivity contribution in [3.05, 3.63) is 48.5 Å². The molecular weight excluding hydrogens is 376 g/mol. The van der Waals surface area contributed by atoms with Gasteiger partial charge in [0.2, 0.25) is 17.8 Å². The monoisotopic (exact) mass is 396 g/mol. The fourth-order valence-corrected chi connectivity index (χ4v) is 2.46. The smallest absolute Gasteiger partial charge is 0.322 e. The van der Waals surface area contributed by atoms with Crippen molar-refractivity contribution in [2.45, 2.75) is 0 Å². The summed E-state index contributed by atoms with van der Waals surface area (Å²) in [6.45, 7) is -0.341. The highest BCUT2D eigenvalue weighted by Crippen LogP contribution is 2.28. The Morgan fingerprint density at radius 3 is 1.72 bits per heavy atom. The van der Waals surface area contributed by atoms with Crippen LogP contribution in [0.5, 0.6) is 11.5 Å². The van der Waals surface area contributed by atoms with E-state index in [4.69, 9.17) is 14.6 Å². The summed E-state index contributed by atoms with van der Waals surface area (Å²) in [6.07, 6.45) is 0. The van der Waals surface area contributed by atoms with Crippen LogP contribution < -0.4 is 25.4 Å². The Labute approximate surface area is 166 Å². The van der Waals surface area contributed by atoms with Gasteiger partial charge in [-0.1, -0.05) is 24.3 Å². The number of hydrogen-bond donors (Lipinski definition) is 4. The summed E-state index contributed by atoms with van der Waals surface area (Å²) in [5.74, 6) is 0.671. The molecule has 0 fully saturated rings. The Hall–Kier alpha value is -4.08. The standard InChI is InChI=1S/C19H20N6O4/c1-28-14-9-5-3-7-12(14)21-18-23-17(20-11-16(26)27)24-19(25-18)22-13-8-4-6-10-15(13)29-2/h3-10H,11H2,1-2H3,(H,26,27)(H3,20,21,22,23,24,25). The molecule has 0 atom stereocenters. The van der Waals surface area contributed by atoms with Crippen LogP contribution in [0.3, 0.4) is 0 Å². The first kappa shape index (κ1) is 19.7. The number of rotatable bonds is 9. The van der Waals surface area contributed by atoms with Gasteiger partial charge in [-0.25, -0.2) is 0 Å². The van der Waals surface area contributed by atoms with Crippen molar-refractivity contribution in [3.63, 3.8) is 0 Å². The molecule has 0 radical (unpaired) electrons. The fraction of sp³-hybridized carbons (Fsp3) is 0.158. The van der Waals surface area contributed by atoms with Gasteiger partial charge >= 0.3 is 5.97 Å². The largest absolute Gasteiger partial charge is 0.495 e. The number of anilines is 5. The predicted octanol–water partition coefficient (Wildman–Crippen LogP) is 2.87. The van der Waals surface area contributed by atoms with E-state index in [-0.39, 0.29) is 24.4 Å². The molecule has 0 amide bonds. The van der Waals surface area contributed by atoms with Gasteiger partial charge in [-0.15, -0.1) is 0 Å². The Morgan fingerprint density at radius 2 is 1.28 bits per heavy atom. The lowest BCUT2D eigenvalue weighted by atomic mass is 10.3. The van der Waals surface area contributed by atoms with Crippen molar-refractivity contribution in [2.24, 2.45) is 0 Å². The van der Waals surface area contributed by atoms with Crippen LogP contribution in [0.2, 0.25) is 0 Å². The van der Waals surface area contributed by atoms with Crippen LogP contribution in [-0.4, -0.2) is 46.8 Å². The fourth-order valence-electron chi connectivity index (χ4n) is 2.46. The van der Waals surface area contributed by atoms with E-state index in [1.165, 1.54) is 0 Å². The molecule has 10 heteroatoms. The Morgan fingerprint density at radius 1 is 0.828 bits per heavy atom. The first-order valence-corrected chi connectivity index (χ1v) is 8.61. The molecule has 0 saturated heterocycles. The maximum atomic E-state index is 10.9. The van der Waals surface area contributed by atoms with Gasteiger partial charge < -0.3 is 30.5 Å². The van der Waals surface area contributed by atoms with E-state index in [0.29, 0.717) is 22.9 Å². The molecule has 2 aromatic carbocycles. The van der Waals surface area contributed by atoms with E-state index in [0.717, 1.165) is 0 Å². The molecule has 0 aliphatic rings. The molecule has 0 bridgehead atoms. The van der Waals surface area contributed by atoms with Crippen molar-refractivity contribution < 1.29 is 19.4 Å². The zero-order valence-corrected chi connectivity index (χ0v) is 15.8. The van der Waals surface area contributed by atoms with Crippen LogP contribution in [-0.2, 0) is 4.79 Å². The Balaban J connectivity index is 1.93. The zero-order valence-electron chi connectivity index (χ0n) is 15.8. The number of aromatic nitrogens is 3. The Kier molecular flexibility index (Phi) is 6.25. The second-order valence-electron chi connectivity index (χ2n) is 5.70. The molecule has 1 aromatic heterocycles. The first-order chi connectivity index (χ1) is 14.1. The molecule has 10 nitrogen and oxygen atoms in total. The number of para-hydroxylation sites is 4. The van der Waals surface area contributed by atoms with Gasteiger partial charge in [-0.2, -0.15) is 15.0 Å². The topological polar surface area (TPSA) is 131 Å². The number of ether oxygens (including phenoxy) is 2. The summed E-state index contributed by atoms with van der Waals surface area (Å²) in [6, 6.07) is 14.5. The summed E-state index contributed by atoms with van der Waals surface area (Å²) < 4.78 is 10.6. The second-order valence-corrected chi connectivity index (χ2v) is 5.70. The van der Waals surface area contributed by atoms with Crippen LogP contribution in [0.15, 0.2) is 48.5 Å². The van der Waals surface area contributed by atoms with E-state index >= 15 is 0 Å². The van der Waals surface area contributed by atoms with E-state index < -0.39 is 5.97 Å². The van der Waals surface area contributed by atoms with E-state index in [1.807, 2.05) is 24.3 Å². The lowest BCUT2D eigenvalue weighted by molar-refractivity contribution is -0.134. The Bertz CT molecular complexity index is 930. The second kappa shape index (κ2) is 9.22. The summed E-state index contributed by atoms with van der Waals surface area (Å²) in [4.78, 5) is 23.7. The summed E-state index contributed by atoms with van der Waals surface area (Å²) >= 11 is 0. The molecule has 0 spiro atoms. The van der Waals surface area contributed by atoms with Crippen molar-refractivity contribution in [1.82, 2.24) is 15.0 Å². The molecule has 4 N–H and O–H groups in total. The van der Waals surface area contributed by atoms with E-state index in [9.17, 15) is 4.79 Å². The molecule has 0 aliphatic carbocycles. The average Bonchev–Trinajstić information content (AvgIpc) is 2.73. The normalized spacial score (nSPS) is 10.1. The third-order valence-corrected chi connectivity index (χ3v) is 3.74. The summed E-state index contributed by atoms with van der Waals surface area (Å²) in [7, 11) is 3.12. The summed E-state index contributed by atoms with van der Waals surface area (Å²) in [5, 5.41) is 17.7. The minimum Gasteiger partial charge on any atom is -0.495 e. The number of nitrogens with zero attached hydrogens (tertiary/aromatic N) is 3. The van der Waals surface area contributed by atoms with Gasteiger partial charge in [-0.3, -0.25) is 4.79 Å². The average molecular weight is 396 g/mol. The maximum absolute atomic E-state index is 10.9. The quantitative estimate of drug-likeness (QED) is 0.428.